The first-order chi connectivity index (χ1) is 11.5. The van der Waals surface area contributed by atoms with Crippen LogP contribution in [0.1, 0.15) is 64.5 Å². The van der Waals surface area contributed by atoms with Crippen LogP contribution in [0, 0.1) is 0 Å². The predicted octanol–water partition coefficient (Wildman–Crippen LogP) is 5.84. The Balaban J connectivity index is 2.80. The van der Waals surface area contributed by atoms with Crippen LogP contribution < -0.4 is 0 Å². The van der Waals surface area contributed by atoms with E-state index in [9.17, 15) is 9.67 Å². The van der Waals surface area contributed by atoms with E-state index in [-0.39, 0.29) is 0 Å². The predicted molar refractivity (Wildman–Crippen MR) is 99.1 cm³/mol. The number of rotatable bonds is 12. The summed E-state index contributed by atoms with van der Waals surface area (Å²) in [6, 6.07) is 9.62. The number of aliphatic hydroxyl groups is 1. The molecular weight excluding hydrogens is 323 g/mol. The molecule has 5 heteroatoms. The molecule has 0 amide bonds. The zero-order valence-corrected chi connectivity index (χ0v) is 16.0. The van der Waals surface area contributed by atoms with E-state index < -0.39 is 13.7 Å². The van der Waals surface area contributed by atoms with Crippen LogP contribution in [0.15, 0.2) is 41.7 Å². The van der Waals surface area contributed by atoms with Gasteiger partial charge in [-0.2, -0.15) is 0 Å². The van der Waals surface area contributed by atoms with Crippen molar-refractivity contribution >= 4 is 7.60 Å². The van der Waals surface area contributed by atoms with E-state index in [2.05, 4.69) is 6.92 Å². The summed E-state index contributed by atoms with van der Waals surface area (Å²) in [5.41, 5.74) is 1.95. The molecule has 1 N–H and O–H groups in total. The van der Waals surface area contributed by atoms with Crippen molar-refractivity contribution in [2.24, 2.45) is 0 Å². The highest BCUT2D eigenvalue weighted by molar-refractivity contribution is 7.57. The Bertz CT molecular complexity index is 517. The van der Waals surface area contributed by atoms with Crippen molar-refractivity contribution in [3.8, 4) is 0 Å². The fraction of sp³-hybridized carbons (Fsp3) is 0.579. The lowest BCUT2D eigenvalue weighted by molar-refractivity contribution is 0.167. The standard InChI is InChI=1S/C19H31O4P/c1-4-7-11-17(16-24(21,22-5-2)23-6-3)14-15-19(20)18-12-9-8-10-13-18/h8-10,12-13,16,19-20H,4-7,11,14-15H2,1-3H3. The molecule has 0 aromatic heterocycles. The Morgan fingerprint density at radius 1 is 1.12 bits per heavy atom. The first-order valence-electron chi connectivity index (χ1n) is 8.87. The molecule has 0 aliphatic carbocycles. The van der Waals surface area contributed by atoms with E-state index in [1.54, 1.807) is 5.82 Å². The molecule has 0 bridgehead atoms. The molecule has 0 aliphatic rings. The Hall–Kier alpha value is -0.930. The summed E-state index contributed by atoms with van der Waals surface area (Å²) in [5.74, 6) is 1.67. The Morgan fingerprint density at radius 2 is 1.75 bits per heavy atom. The molecular formula is C19H31O4P. The molecule has 1 unspecified atom stereocenters. The highest BCUT2D eigenvalue weighted by Crippen LogP contribution is 2.51. The number of aliphatic hydroxyl groups excluding tert-OH is 1. The van der Waals surface area contributed by atoms with E-state index >= 15 is 0 Å². The van der Waals surface area contributed by atoms with Gasteiger partial charge in [-0.15, -0.1) is 0 Å². The molecule has 4 nitrogen and oxygen atoms in total. The summed E-state index contributed by atoms with van der Waals surface area (Å²) < 4.78 is 23.5. The third-order valence-corrected chi connectivity index (χ3v) is 5.65. The minimum atomic E-state index is -3.19. The van der Waals surface area contributed by atoms with Crippen LogP contribution in [0.3, 0.4) is 0 Å². The monoisotopic (exact) mass is 354 g/mol. The number of unbranched alkanes of at least 4 members (excludes halogenated alkanes) is 1. The van der Waals surface area contributed by atoms with Crippen LogP contribution in [0.25, 0.3) is 0 Å². The highest BCUT2D eigenvalue weighted by Gasteiger charge is 2.21. The zero-order chi connectivity index (χ0) is 17.8. The molecule has 1 aromatic rings. The van der Waals surface area contributed by atoms with Crippen molar-refractivity contribution in [1.82, 2.24) is 0 Å². The van der Waals surface area contributed by atoms with Crippen LogP contribution in [0.2, 0.25) is 0 Å². The number of hydrogen-bond acceptors (Lipinski definition) is 4. The molecule has 0 saturated carbocycles. The number of allylic oxidation sites excluding steroid dienone is 1. The molecule has 1 aromatic carbocycles. The number of benzene rings is 1. The van der Waals surface area contributed by atoms with Crippen molar-refractivity contribution in [2.45, 2.75) is 59.0 Å². The van der Waals surface area contributed by atoms with E-state index in [0.29, 0.717) is 26.1 Å². The van der Waals surface area contributed by atoms with Crippen LogP contribution in [0.4, 0.5) is 0 Å². The van der Waals surface area contributed by atoms with E-state index in [1.165, 1.54) is 0 Å². The molecule has 0 saturated heterocycles. The number of hydrogen-bond donors (Lipinski definition) is 1. The first-order valence-corrected chi connectivity index (χ1v) is 10.5. The zero-order valence-electron chi connectivity index (χ0n) is 15.1. The third kappa shape index (κ3) is 7.76. The minimum Gasteiger partial charge on any atom is -0.388 e. The largest absolute Gasteiger partial charge is 0.388 e. The fourth-order valence-electron chi connectivity index (χ4n) is 2.52. The van der Waals surface area contributed by atoms with Gasteiger partial charge in [-0.3, -0.25) is 4.57 Å². The van der Waals surface area contributed by atoms with E-state index in [0.717, 1.165) is 30.4 Å². The van der Waals surface area contributed by atoms with E-state index in [4.69, 9.17) is 9.05 Å². The molecule has 1 rings (SSSR count). The van der Waals surface area contributed by atoms with Gasteiger partial charge in [-0.05, 0) is 45.1 Å². The molecule has 24 heavy (non-hydrogen) atoms. The van der Waals surface area contributed by atoms with E-state index in [1.807, 2.05) is 44.2 Å². The SMILES string of the molecule is CCCCC(=CP(=O)(OCC)OCC)CCC(O)c1ccccc1. The topological polar surface area (TPSA) is 55.8 Å². The molecule has 0 heterocycles. The summed E-state index contributed by atoms with van der Waals surface area (Å²) in [6.45, 7) is 6.44. The second kappa shape index (κ2) is 11.6. The Morgan fingerprint density at radius 3 is 2.29 bits per heavy atom. The van der Waals surface area contributed by atoms with Crippen molar-refractivity contribution in [2.75, 3.05) is 13.2 Å². The van der Waals surface area contributed by atoms with Gasteiger partial charge in [0.25, 0.3) is 0 Å². The van der Waals surface area contributed by atoms with Gasteiger partial charge in [0.15, 0.2) is 0 Å². The second-order valence-electron chi connectivity index (χ2n) is 5.73. The maximum atomic E-state index is 12.7. The van der Waals surface area contributed by atoms with Crippen molar-refractivity contribution < 1.29 is 18.7 Å². The average Bonchev–Trinajstić information content (AvgIpc) is 2.58. The van der Waals surface area contributed by atoms with Crippen LogP contribution in [0.5, 0.6) is 0 Å². The fourth-order valence-corrected chi connectivity index (χ4v) is 4.17. The maximum absolute atomic E-state index is 12.7. The quantitative estimate of drug-likeness (QED) is 0.479. The van der Waals surface area contributed by atoms with Crippen LogP contribution in [-0.4, -0.2) is 18.3 Å². The summed E-state index contributed by atoms with van der Waals surface area (Å²) >= 11 is 0. The average molecular weight is 354 g/mol. The summed E-state index contributed by atoms with van der Waals surface area (Å²) in [5, 5.41) is 10.3. The van der Waals surface area contributed by atoms with Crippen molar-refractivity contribution in [1.29, 1.82) is 0 Å². The molecule has 1 atom stereocenters. The van der Waals surface area contributed by atoms with Crippen LogP contribution in [-0.2, 0) is 13.6 Å². The smallest absolute Gasteiger partial charge is 0.354 e. The van der Waals surface area contributed by atoms with Crippen molar-refractivity contribution in [3.05, 3.63) is 47.3 Å². The van der Waals surface area contributed by atoms with Gasteiger partial charge in [-0.25, -0.2) is 0 Å². The lowest BCUT2D eigenvalue weighted by atomic mass is 9.99. The lowest BCUT2D eigenvalue weighted by Crippen LogP contribution is -2.00. The summed E-state index contributed by atoms with van der Waals surface area (Å²) in [7, 11) is -3.19. The molecule has 0 spiro atoms. The molecule has 0 radical (unpaired) electrons. The minimum absolute atomic E-state index is 0.349. The van der Waals surface area contributed by atoms with Gasteiger partial charge in [0.2, 0.25) is 0 Å². The Kier molecular flexibility index (Phi) is 10.2. The van der Waals surface area contributed by atoms with Gasteiger partial charge in [0.1, 0.15) is 0 Å². The van der Waals surface area contributed by atoms with Gasteiger partial charge < -0.3 is 14.2 Å². The maximum Gasteiger partial charge on any atom is 0.354 e. The lowest BCUT2D eigenvalue weighted by Gasteiger charge is -2.17. The van der Waals surface area contributed by atoms with Gasteiger partial charge >= 0.3 is 7.60 Å². The first kappa shape index (κ1) is 21.1. The van der Waals surface area contributed by atoms with Gasteiger partial charge in [0.05, 0.1) is 19.3 Å². The normalized spacial score (nSPS) is 13.9. The second-order valence-corrected chi connectivity index (χ2v) is 7.59. The Labute approximate surface area is 146 Å². The third-order valence-electron chi connectivity index (χ3n) is 3.73. The molecule has 0 aliphatic heterocycles. The molecule has 136 valence electrons. The van der Waals surface area contributed by atoms with Crippen molar-refractivity contribution in [3.63, 3.8) is 0 Å². The van der Waals surface area contributed by atoms with Crippen LogP contribution >= 0.6 is 7.60 Å². The van der Waals surface area contributed by atoms with Gasteiger partial charge in [-0.1, -0.05) is 49.2 Å². The molecule has 0 fully saturated rings. The summed E-state index contributed by atoms with van der Waals surface area (Å²) in [4.78, 5) is 0. The summed E-state index contributed by atoms with van der Waals surface area (Å²) in [6.07, 6.45) is 3.69. The highest BCUT2D eigenvalue weighted by atomic mass is 31.2. The van der Waals surface area contributed by atoms with Gasteiger partial charge in [0, 0.05) is 5.82 Å².